The fraction of sp³-hybridized carbons (Fsp3) is 0.364. The third kappa shape index (κ3) is 4.23. The van der Waals surface area contributed by atoms with Gasteiger partial charge < -0.3 is 15.1 Å². The van der Waals surface area contributed by atoms with Crippen molar-refractivity contribution < 1.29 is 9.59 Å². The number of carbonyl (C=O) groups excluding carboxylic acids is 2. The number of anilines is 1. The number of rotatable bonds is 2. The van der Waals surface area contributed by atoms with Gasteiger partial charge in [0.2, 0.25) is 0 Å². The number of piperidine rings is 1. The number of urea groups is 1. The topological polar surface area (TPSA) is 52.7 Å². The Balaban J connectivity index is 1.40. The van der Waals surface area contributed by atoms with Crippen LogP contribution in [0.1, 0.15) is 28.8 Å². The first-order valence-electron chi connectivity index (χ1n) is 9.81. The maximum absolute atomic E-state index is 13.1. The van der Waals surface area contributed by atoms with Crippen molar-refractivity contribution in [2.24, 2.45) is 0 Å². The monoisotopic (exact) mass is 429 g/mol. The lowest BCUT2D eigenvalue weighted by Crippen LogP contribution is -2.54. The smallest absolute Gasteiger partial charge is 0.321 e. The van der Waals surface area contributed by atoms with Crippen molar-refractivity contribution in [1.82, 2.24) is 9.80 Å². The van der Waals surface area contributed by atoms with Gasteiger partial charge >= 0.3 is 6.03 Å². The normalized spacial score (nSPS) is 18.1. The molecule has 7 heteroatoms. The van der Waals surface area contributed by atoms with Crippen LogP contribution in [0.25, 0.3) is 0 Å². The Morgan fingerprint density at radius 1 is 1.00 bits per heavy atom. The second-order valence-electron chi connectivity index (χ2n) is 7.54. The van der Waals surface area contributed by atoms with Crippen LogP contribution in [0.3, 0.4) is 0 Å². The van der Waals surface area contributed by atoms with E-state index in [9.17, 15) is 9.59 Å². The molecule has 2 heterocycles. The molecular weight excluding hydrogens is 406 g/mol. The molecule has 2 aromatic rings. The largest absolute Gasteiger partial charge is 0.324 e. The molecule has 0 radical (unpaired) electrons. The van der Waals surface area contributed by atoms with Crippen molar-refractivity contribution in [3.05, 3.63) is 64.7 Å². The Morgan fingerprint density at radius 3 is 2.31 bits per heavy atom. The molecule has 2 aliphatic rings. The third-order valence-electron chi connectivity index (χ3n) is 5.65. The van der Waals surface area contributed by atoms with Gasteiger partial charge in [0.1, 0.15) is 0 Å². The fourth-order valence-electron chi connectivity index (χ4n) is 3.96. The van der Waals surface area contributed by atoms with E-state index in [1.54, 1.807) is 24.3 Å². The average Bonchev–Trinajstić information content (AvgIpc) is 3.13. The zero-order valence-corrected chi connectivity index (χ0v) is 17.9. The van der Waals surface area contributed by atoms with Crippen LogP contribution in [0.2, 0.25) is 5.02 Å². The van der Waals surface area contributed by atoms with E-state index in [1.165, 1.54) is 0 Å². The van der Waals surface area contributed by atoms with Crippen LogP contribution in [-0.4, -0.2) is 52.0 Å². The van der Waals surface area contributed by atoms with Gasteiger partial charge in [-0.25, -0.2) is 4.79 Å². The van der Waals surface area contributed by atoms with Gasteiger partial charge in [0.15, 0.2) is 0 Å². The summed E-state index contributed by atoms with van der Waals surface area (Å²) in [6.45, 7) is 4.04. The number of carbonyl (C=O) groups is 2. The van der Waals surface area contributed by atoms with E-state index in [2.05, 4.69) is 5.32 Å². The van der Waals surface area contributed by atoms with E-state index in [1.807, 2.05) is 52.8 Å². The minimum absolute atomic E-state index is 0.0917. The average molecular weight is 430 g/mol. The first-order chi connectivity index (χ1) is 14.0. The van der Waals surface area contributed by atoms with E-state index < -0.39 is 0 Å². The summed E-state index contributed by atoms with van der Waals surface area (Å²) < 4.78 is 0. The van der Waals surface area contributed by atoms with E-state index in [0.29, 0.717) is 18.1 Å². The number of hydrogen-bond acceptors (Lipinski definition) is 3. The highest BCUT2D eigenvalue weighted by molar-refractivity contribution is 8.00. The molecule has 3 amide bonds. The van der Waals surface area contributed by atoms with E-state index in [-0.39, 0.29) is 16.8 Å². The Bertz CT molecular complexity index is 893. The molecule has 2 saturated heterocycles. The highest BCUT2D eigenvalue weighted by atomic mass is 35.5. The predicted octanol–water partition coefficient (Wildman–Crippen LogP) is 4.86. The molecule has 2 fully saturated rings. The molecule has 0 atom stereocenters. The summed E-state index contributed by atoms with van der Waals surface area (Å²) in [5.41, 5.74) is 2.61. The summed E-state index contributed by atoms with van der Waals surface area (Å²) >= 11 is 7.75. The number of likely N-dealkylation sites (tertiary alicyclic amines) is 1. The molecule has 1 N–H and O–H groups in total. The van der Waals surface area contributed by atoms with Crippen molar-refractivity contribution in [3.8, 4) is 0 Å². The molecule has 0 saturated carbocycles. The zero-order valence-electron chi connectivity index (χ0n) is 16.4. The number of amides is 3. The predicted molar refractivity (Wildman–Crippen MR) is 119 cm³/mol. The number of nitrogens with one attached hydrogen (secondary N) is 1. The standard InChI is InChI=1S/C22H24ClN3O2S/c1-16-2-4-17(5-3-16)20(27)26-14-15-29-22(26)10-12-25(13-11-22)21(28)24-19-8-6-18(23)7-9-19/h2-9H,10-15H2,1H3,(H,24,28). The lowest BCUT2D eigenvalue weighted by Gasteiger charge is -2.44. The second kappa shape index (κ2) is 8.28. The third-order valence-corrected chi connectivity index (χ3v) is 7.45. The minimum atomic E-state index is -0.209. The summed E-state index contributed by atoms with van der Waals surface area (Å²) in [6, 6.07) is 14.8. The van der Waals surface area contributed by atoms with Gasteiger partial charge in [0, 0.05) is 41.7 Å². The number of aryl methyl sites for hydroxylation is 1. The van der Waals surface area contributed by atoms with E-state index >= 15 is 0 Å². The van der Waals surface area contributed by atoms with Gasteiger partial charge in [0.05, 0.1) is 4.87 Å². The Kier molecular flexibility index (Phi) is 5.74. The highest BCUT2D eigenvalue weighted by Gasteiger charge is 2.47. The van der Waals surface area contributed by atoms with E-state index in [4.69, 9.17) is 11.6 Å². The van der Waals surface area contributed by atoms with Gasteiger partial charge in [0.25, 0.3) is 5.91 Å². The molecule has 5 nitrogen and oxygen atoms in total. The molecule has 152 valence electrons. The van der Waals surface area contributed by atoms with Crippen molar-refractivity contribution in [2.75, 3.05) is 30.7 Å². The van der Waals surface area contributed by atoms with Crippen LogP contribution in [0, 0.1) is 6.92 Å². The summed E-state index contributed by atoms with van der Waals surface area (Å²) in [4.78, 5) is 29.4. The van der Waals surface area contributed by atoms with Crippen molar-refractivity contribution >= 4 is 41.0 Å². The van der Waals surface area contributed by atoms with Gasteiger partial charge in [-0.3, -0.25) is 4.79 Å². The zero-order chi connectivity index (χ0) is 20.4. The molecule has 29 heavy (non-hydrogen) atoms. The summed E-state index contributed by atoms with van der Waals surface area (Å²) in [5.74, 6) is 1.03. The Morgan fingerprint density at radius 2 is 1.66 bits per heavy atom. The molecule has 0 aliphatic carbocycles. The number of halogens is 1. The maximum atomic E-state index is 13.1. The number of hydrogen-bond donors (Lipinski definition) is 1. The molecule has 0 aromatic heterocycles. The molecule has 1 spiro atoms. The highest BCUT2D eigenvalue weighted by Crippen LogP contribution is 2.44. The molecule has 2 aromatic carbocycles. The van der Waals surface area contributed by atoms with Crippen LogP contribution >= 0.6 is 23.4 Å². The van der Waals surface area contributed by atoms with Crippen LogP contribution in [0.5, 0.6) is 0 Å². The van der Waals surface area contributed by atoms with Crippen LogP contribution in [-0.2, 0) is 0 Å². The van der Waals surface area contributed by atoms with Gasteiger partial charge in [-0.2, -0.15) is 0 Å². The molecular formula is C22H24ClN3O2S. The lowest BCUT2D eigenvalue weighted by molar-refractivity contribution is 0.0585. The van der Waals surface area contributed by atoms with Crippen molar-refractivity contribution in [1.29, 1.82) is 0 Å². The number of benzene rings is 2. The quantitative estimate of drug-likeness (QED) is 0.741. The van der Waals surface area contributed by atoms with Gasteiger partial charge in [-0.05, 0) is 56.2 Å². The summed E-state index contributed by atoms with van der Waals surface area (Å²) in [6.07, 6.45) is 1.56. The Labute approximate surface area is 180 Å². The number of thioether (sulfide) groups is 1. The van der Waals surface area contributed by atoms with Crippen LogP contribution < -0.4 is 5.32 Å². The van der Waals surface area contributed by atoms with Crippen molar-refractivity contribution in [3.63, 3.8) is 0 Å². The molecule has 0 unspecified atom stereocenters. The number of nitrogens with zero attached hydrogens (tertiary/aromatic N) is 2. The Hall–Kier alpha value is -2.18. The van der Waals surface area contributed by atoms with Crippen LogP contribution in [0.15, 0.2) is 48.5 Å². The van der Waals surface area contributed by atoms with Crippen molar-refractivity contribution in [2.45, 2.75) is 24.6 Å². The molecule has 4 rings (SSSR count). The van der Waals surface area contributed by atoms with Gasteiger partial charge in [-0.1, -0.05) is 29.3 Å². The SMILES string of the molecule is Cc1ccc(C(=O)N2CCSC23CCN(C(=O)Nc2ccc(Cl)cc2)CC3)cc1. The summed E-state index contributed by atoms with van der Waals surface area (Å²) in [7, 11) is 0. The fourth-order valence-corrected chi connectivity index (χ4v) is 5.54. The molecule has 0 bridgehead atoms. The second-order valence-corrected chi connectivity index (χ2v) is 9.43. The maximum Gasteiger partial charge on any atom is 0.321 e. The lowest BCUT2D eigenvalue weighted by atomic mass is 10.0. The van der Waals surface area contributed by atoms with Crippen LogP contribution in [0.4, 0.5) is 10.5 Å². The van der Waals surface area contributed by atoms with Gasteiger partial charge in [-0.15, -0.1) is 11.8 Å². The first kappa shape index (κ1) is 20.1. The summed E-state index contributed by atoms with van der Waals surface area (Å²) in [5, 5.41) is 3.56. The van der Waals surface area contributed by atoms with E-state index in [0.717, 1.165) is 42.0 Å². The minimum Gasteiger partial charge on any atom is -0.324 e. The first-order valence-corrected chi connectivity index (χ1v) is 11.2. The molecule has 2 aliphatic heterocycles.